The number of ether oxygens (including phenoxy) is 1. The molecule has 0 aromatic heterocycles. The maximum Gasteiger partial charge on any atom is 0.338 e. The first-order valence-electron chi connectivity index (χ1n) is 15.0. The number of carbonyl (C=O) groups is 3. The molecule has 218 valence electrons. The molecule has 0 saturated carbocycles. The molecule has 2 atom stereocenters. The zero-order valence-corrected chi connectivity index (χ0v) is 24.4. The fourth-order valence-corrected chi connectivity index (χ4v) is 6.22. The molecule has 6 heteroatoms. The van der Waals surface area contributed by atoms with Crippen molar-refractivity contribution in [1.82, 2.24) is 0 Å². The molecular formula is C37H34O6. The van der Waals surface area contributed by atoms with Crippen LogP contribution < -0.4 is 0 Å². The molecular weight excluding hydrogens is 540 g/mol. The zero-order valence-electron chi connectivity index (χ0n) is 24.4. The quantitative estimate of drug-likeness (QED) is 0.0641. The van der Waals surface area contributed by atoms with Gasteiger partial charge in [0, 0.05) is 27.8 Å². The van der Waals surface area contributed by atoms with E-state index in [0.29, 0.717) is 34.4 Å². The summed E-state index contributed by atoms with van der Waals surface area (Å²) in [7, 11) is 0. The summed E-state index contributed by atoms with van der Waals surface area (Å²) >= 11 is 0. The van der Waals surface area contributed by atoms with Crippen LogP contribution in [0.25, 0.3) is 22.3 Å². The Balaban J connectivity index is 1.03. The lowest BCUT2D eigenvalue weighted by molar-refractivity contribution is -0.311. The predicted octanol–water partition coefficient (Wildman–Crippen LogP) is 7.86. The molecule has 0 bridgehead atoms. The van der Waals surface area contributed by atoms with E-state index in [1.807, 2.05) is 60.7 Å². The van der Waals surface area contributed by atoms with Crippen molar-refractivity contribution in [3.05, 3.63) is 118 Å². The summed E-state index contributed by atoms with van der Waals surface area (Å²) < 4.78 is 5.82. The number of fused-ring (bicyclic) bond motifs is 6. The maximum atomic E-state index is 13.2. The summed E-state index contributed by atoms with van der Waals surface area (Å²) in [6.07, 6.45) is 2.56. The van der Waals surface area contributed by atoms with Crippen molar-refractivity contribution >= 4 is 17.5 Å². The number of benzene rings is 4. The highest BCUT2D eigenvalue weighted by Gasteiger charge is 2.31. The van der Waals surface area contributed by atoms with Crippen molar-refractivity contribution in [3.63, 3.8) is 0 Å². The first-order valence-corrected chi connectivity index (χ1v) is 15.0. The lowest BCUT2D eigenvalue weighted by Crippen LogP contribution is -2.20. The van der Waals surface area contributed by atoms with E-state index < -0.39 is 5.97 Å². The smallest absolute Gasteiger partial charge is 0.338 e. The van der Waals surface area contributed by atoms with Gasteiger partial charge in [-0.25, -0.2) is 14.6 Å². The molecule has 0 radical (unpaired) electrons. The van der Waals surface area contributed by atoms with Crippen molar-refractivity contribution in [1.29, 1.82) is 0 Å². The van der Waals surface area contributed by atoms with Crippen LogP contribution in [0.5, 0.6) is 0 Å². The Bertz CT molecular complexity index is 1700. The van der Waals surface area contributed by atoms with Crippen LogP contribution in [-0.2, 0) is 21.1 Å². The normalized spacial score (nSPS) is 14.1. The molecule has 0 aliphatic heterocycles. The van der Waals surface area contributed by atoms with Gasteiger partial charge < -0.3 is 4.74 Å². The van der Waals surface area contributed by atoms with Crippen molar-refractivity contribution in [2.24, 2.45) is 11.8 Å². The molecule has 2 aliphatic rings. The lowest BCUT2D eigenvalue weighted by atomic mass is 9.92. The second kappa shape index (κ2) is 12.5. The van der Waals surface area contributed by atoms with Crippen molar-refractivity contribution in [2.45, 2.75) is 39.7 Å². The van der Waals surface area contributed by atoms with Gasteiger partial charge in [0.2, 0.25) is 0 Å². The van der Waals surface area contributed by atoms with Gasteiger partial charge in [-0.1, -0.05) is 106 Å². The van der Waals surface area contributed by atoms with E-state index in [4.69, 9.17) is 14.5 Å². The van der Waals surface area contributed by atoms with Gasteiger partial charge in [-0.3, -0.25) is 9.59 Å². The van der Waals surface area contributed by atoms with Gasteiger partial charge in [0.25, 0.3) is 0 Å². The maximum absolute atomic E-state index is 13.2. The Morgan fingerprint density at radius 2 is 1.14 bits per heavy atom. The average Bonchev–Trinajstić information content (AvgIpc) is 3.51. The summed E-state index contributed by atoms with van der Waals surface area (Å²) in [5, 5.41) is 0. The number of rotatable bonds is 12. The van der Waals surface area contributed by atoms with E-state index in [1.165, 1.54) is 0 Å². The topological polar surface area (TPSA) is 78.9 Å². The number of carbonyl (C=O) groups excluding carboxylic acids is 3. The largest absolute Gasteiger partial charge is 0.462 e. The summed E-state index contributed by atoms with van der Waals surface area (Å²) in [6, 6.07) is 26.0. The molecule has 4 aromatic carbocycles. The summed E-state index contributed by atoms with van der Waals surface area (Å²) in [5.74, 6) is -0.0563. The van der Waals surface area contributed by atoms with Crippen LogP contribution in [-0.4, -0.2) is 30.7 Å². The van der Waals surface area contributed by atoms with Gasteiger partial charge in [0.1, 0.15) is 6.61 Å². The van der Waals surface area contributed by atoms with Gasteiger partial charge in [0.05, 0.1) is 18.8 Å². The number of esters is 1. The zero-order chi connectivity index (χ0) is 29.9. The van der Waals surface area contributed by atoms with E-state index in [-0.39, 0.29) is 36.6 Å². The molecule has 4 aromatic rings. The minimum atomic E-state index is -0.414. The SMILES string of the molecule is CCC(COOCc1cccc2c1-c1ccccc1C2=O)CC(CC)COC(=O)c1cccc2c1-c1ccccc1C2=O. The number of ketones is 2. The molecule has 0 saturated heterocycles. The molecule has 2 aliphatic carbocycles. The second-order valence-electron chi connectivity index (χ2n) is 11.2. The molecule has 0 N–H and O–H groups in total. The van der Waals surface area contributed by atoms with Crippen LogP contribution in [0.4, 0.5) is 0 Å². The second-order valence-corrected chi connectivity index (χ2v) is 11.2. The lowest BCUT2D eigenvalue weighted by Gasteiger charge is -2.21. The highest BCUT2D eigenvalue weighted by atomic mass is 17.2. The van der Waals surface area contributed by atoms with Gasteiger partial charge >= 0.3 is 5.97 Å². The minimum Gasteiger partial charge on any atom is -0.462 e. The molecule has 0 spiro atoms. The molecule has 6 nitrogen and oxygen atoms in total. The molecule has 6 rings (SSSR count). The van der Waals surface area contributed by atoms with Crippen molar-refractivity contribution in [3.8, 4) is 22.3 Å². The van der Waals surface area contributed by atoms with Crippen LogP contribution in [0.3, 0.4) is 0 Å². The highest BCUT2D eigenvalue weighted by molar-refractivity contribution is 6.24. The van der Waals surface area contributed by atoms with Crippen LogP contribution >= 0.6 is 0 Å². The van der Waals surface area contributed by atoms with Gasteiger partial charge in [-0.2, -0.15) is 0 Å². The average molecular weight is 575 g/mol. The number of hydrogen-bond donors (Lipinski definition) is 0. The van der Waals surface area contributed by atoms with Gasteiger partial charge in [0.15, 0.2) is 11.6 Å². The highest BCUT2D eigenvalue weighted by Crippen LogP contribution is 2.40. The van der Waals surface area contributed by atoms with Crippen LogP contribution in [0.1, 0.15) is 80.9 Å². The third-order valence-corrected chi connectivity index (χ3v) is 8.68. The van der Waals surface area contributed by atoms with Crippen LogP contribution in [0.15, 0.2) is 84.9 Å². The molecule has 2 unspecified atom stereocenters. The monoisotopic (exact) mass is 574 g/mol. The van der Waals surface area contributed by atoms with Crippen molar-refractivity contribution < 1.29 is 28.9 Å². The molecule has 43 heavy (non-hydrogen) atoms. The Hall–Kier alpha value is -4.39. The third kappa shape index (κ3) is 5.44. The Morgan fingerprint density at radius 3 is 1.79 bits per heavy atom. The van der Waals surface area contributed by atoms with E-state index >= 15 is 0 Å². The minimum absolute atomic E-state index is 0.0423. The van der Waals surface area contributed by atoms with E-state index in [2.05, 4.69) is 13.8 Å². The first kappa shape index (κ1) is 28.7. The van der Waals surface area contributed by atoms with E-state index in [9.17, 15) is 14.4 Å². The third-order valence-electron chi connectivity index (χ3n) is 8.68. The standard InChI is InChI=1S/C37H34O6/c1-3-23(20-41-37(40)32-18-10-17-31-34(32)27-13-6-8-15-29(27)36(31)39)19-24(4-2)21-42-43-22-25-11-9-16-30-33(25)26-12-5-7-14-28(26)35(30)38/h5-18,23-24H,3-4,19-22H2,1-2H3. The van der Waals surface area contributed by atoms with Crippen LogP contribution in [0, 0.1) is 11.8 Å². The first-order chi connectivity index (χ1) is 21.0. The summed E-state index contributed by atoms with van der Waals surface area (Å²) in [5.41, 5.74) is 7.22. The van der Waals surface area contributed by atoms with Gasteiger partial charge in [-0.05, 0) is 46.6 Å². The van der Waals surface area contributed by atoms with E-state index in [1.54, 1.807) is 24.3 Å². The Morgan fingerprint density at radius 1 is 0.605 bits per heavy atom. The summed E-state index contributed by atoms with van der Waals surface area (Å²) in [4.78, 5) is 50.2. The Kier molecular flexibility index (Phi) is 8.32. The fourth-order valence-electron chi connectivity index (χ4n) is 6.22. The number of hydrogen-bond acceptors (Lipinski definition) is 6. The predicted molar refractivity (Wildman–Crippen MR) is 164 cm³/mol. The van der Waals surface area contributed by atoms with E-state index in [0.717, 1.165) is 47.1 Å². The summed E-state index contributed by atoms with van der Waals surface area (Å²) in [6.45, 7) is 5.14. The van der Waals surface area contributed by atoms with Crippen LogP contribution in [0.2, 0.25) is 0 Å². The molecule has 0 amide bonds. The Labute approximate surface area is 251 Å². The molecule has 0 fully saturated rings. The fraction of sp³-hybridized carbons (Fsp3) is 0.270. The van der Waals surface area contributed by atoms with Crippen molar-refractivity contribution in [2.75, 3.05) is 13.2 Å². The molecule has 0 heterocycles. The van der Waals surface area contributed by atoms with Gasteiger partial charge in [-0.15, -0.1) is 0 Å².